The van der Waals surface area contributed by atoms with Gasteiger partial charge in [0, 0.05) is 20.0 Å². The molecule has 0 fully saturated rings. The quantitative estimate of drug-likeness (QED) is 0.625. The maximum atomic E-state index is 5.83. The summed E-state index contributed by atoms with van der Waals surface area (Å²) in [7, 11) is 0. The Morgan fingerprint density at radius 1 is 1.14 bits per heavy atom. The molecule has 2 aromatic rings. The van der Waals surface area contributed by atoms with Crippen LogP contribution in [0.2, 0.25) is 5.02 Å². The molecule has 0 aliphatic carbocycles. The molecule has 0 atom stereocenters. The molecule has 2 heterocycles. The summed E-state index contributed by atoms with van der Waals surface area (Å²) in [5, 5.41) is 2.80. The number of thiophene rings is 2. The zero-order valence-electron chi connectivity index (χ0n) is 8.50. The van der Waals surface area contributed by atoms with Gasteiger partial charge in [0.25, 0.3) is 0 Å². The number of hydrogen-bond donors (Lipinski definition) is 0. The second-order valence-corrected chi connectivity index (χ2v) is 5.18. The lowest BCUT2D eigenvalue weighted by Crippen LogP contribution is -1.56. The Kier molecular flexibility index (Phi) is 4.66. The molecule has 0 nitrogen and oxygen atoms in total. The molecule has 0 N–H and O–H groups in total. The molecule has 3 heteroatoms. The monoisotopic (exact) mass is 244 g/mol. The van der Waals surface area contributed by atoms with E-state index in [4.69, 9.17) is 11.6 Å². The van der Waals surface area contributed by atoms with Crippen molar-refractivity contribution in [2.75, 3.05) is 0 Å². The van der Waals surface area contributed by atoms with Crippen molar-refractivity contribution in [2.45, 2.75) is 20.8 Å². The first kappa shape index (κ1) is 11.8. The van der Waals surface area contributed by atoms with Gasteiger partial charge in [-0.05, 0) is 25.1 Å². The Hall–Kier alpha value is -0.310. The average Bonchev–Trinajstić information content (AvgIpc) is 2.78. The maximum Gasteiger partial charge on any atom is 0.0519 e. The highest BCUT2D eigenvalue weighted by molar-refractivity contribution is 7.21. The van der Waals surface area contributed by atoms with E-state index in [0.717, 1.165) is 5.02 Å². The van der Waals surface area contributed by atoms with Crippen LogP contribution in [0.1, 0.15) is 18.7 Å². The summed E-state index contributed by atoms with van der Waals surface area (Å²) in [5.41, 5.74) is 0. The van der Waals surface area contributed by atoms with Crippen molar-refractivity contribution in [2.24, 2.45) is 0 Å². The van der Waals surface area contributed by atoms with Crippen LogP contribution in [0, 0.1) is 6.92 Å². The first-order chi connectivity index (χ1) is 6.75. The van der Waals surface area contributed by atoms with Gasteiger partial charge in [-0.3, -0.25) is 0 Å². The third-order valence-corrected chi connectivity index (χ3v) is 4.02. The van der Waals surface area contributed by atoms with E-state index in [0.29, 0.717) is 0 Å². The Morgan fingerprint density at radius 2 is 1.86 bits per heavy atom. The lowest BCUT2D eigenvalue weighted by atomic mass is 10.4. The van der Waals surface area contributed by atoms with Crippen LogP contribution in [-0.4, -0.2) is 0 Å². The van der Waals surface area contributed by atoms with E-state index < -0.39 is 0 Å². The van der Waals surface area contributed by atoms with Crippen LogP contribution in [0.25, 0.3) is 9.75 Å². The van der Waals surface area contributed by atoms with Gasteiger partial charge in [-0.15, -0.1) is 22.7 Å². The van der Waals surface area contributed by atoms with Crippen LogP contribution < -0.4 is 0 Å². The minimum absolute atomic E-state index is 0.834. The molecule has 0 amide bonds. The molecule has 0 aromatic carbocycles. The smallest absolute Gasteiger partial charge is 0.0519 e. The van der Waals surface area contributed by atoms with Crippen molar-refractivity contribution in [3.05, 3.63) is 33.5 Å². The van der Waals surface area contributed by atoms with E-state index in [9.17, 15) is 0 Å². The van der Waals surface area contributed by atoms with Crippen molar-refractivity contribution < 1.29 is 0 Å². The van der Waals surface area contributed by atoms with Crippen molar-refractivity contribution in [3.63, 3.8) is 0 Å². The third-order valence-electron chi connectivity index (χ3n) is 1.55. The summed E-state index contributed by atoms with van der Waals surface area (Å²) in [4.78, 5) is 3.91. The molecular weight excluding hydrogens is 232 g/mol. The third kappa shape index (κ3) is 2.84. The zero-order chi connectivity index (χ0) is 10.6. The molecule has 2 aromatic heterocycles. The van der Waals surface area contributed by atoms with Gasteiger partial charge in [0.2, 0.25) is 0 Å². The molecule has 0 bridgehead atoms. The average molecular weight is 245 g/mol. The molecule has 0 aliphatic rings. The fourth-order valence-corrected chi connectivity index (χ4v) is 3.05. The number of aryl methyl sites for hydroxylation is 1. The maximum absolute atomic E-state index is 5.83. The van der Waals surface area contributed by atoms with Gasteiger partial charge < -0.3 is 0 Å². The highest BCUT2D eigenvalue weighted by Gasteiger charge is 2.02. The van der Waals surface area contributed by atoms with Gasteiger partial charge in [0.15, 0.2) is 0 Å². The molecule has 0 spiro atoms. The molecule has 2 rings (SSSR count). The summed E-state index contributed by atoms with van der Waals surface area (Å²) >= 11 is 9.33. The van der Waals surface area contributed by atoms with Gasteiger partial charge >= 0.3 is 0 Å². The van der Waals surface area contributed by atoms with Gasteiger partial charge in [-0.1, -0.05) is 25.4 Å². The lowest BCUT2D eigenvalue weighted by Gasteiger charge is -1.86. The Bertz CT molecular complexity index is 349. The molecule has 0 aliphatic heterocycles. The van der Waals surface area contributed by atoms with Gasteiger partial charge in [0.05, 0.1) is 5.02 Å². The van der Waals surface area contributed by atoms with E-state index in [1.807, 2.05) is 25.3 Å². The van der Waals surface area contributed by atoms with E-state index in [1.165, 1.54) is 14.6 Å². The second kappa shape index (κ2) is 5.54. The summed E-state index contributed by atoms with van der Waals surface area (Å²) in [5.74, 6) is 0. The summed E-state index contributed by atoms with van der Waals surface area (Å²) in [6.07, 6.45) is 0. The molecule has 76 valence electrons. The number of hydrogen-bond acceptors (Lipinski definition) is 2. The lowest BCUT2D eigenvalue weighted by molar-refractivity contribution is 1.50. The van der Waals surface area contributed by atoms with E-state index in [1.54, 1.807) is 22.7 Å². The largest absolute Gasteiger partial charge is 0.141 e. The van der Waals surface area contributed by atoms with E-state index in [-0.39, 0.29) is 0 Å². The van der Waals surface area contributed by atoms with Crippen LogP contribution in [0.3, 0.4) is 0 Å². The van der Waals surface area contributed by atoms with Crippen molar-refractivity contribution in [1.82, 2.24) is 0 Å². The van der Waals surface area contributed by atoms with Crippen LogP contribution >= 0.6 is 34.3 Å². The first-order valence-electron chi connectivity index (χ1n) is 4.56. The van der Waals surface area contributed by atoms with Crippen LogP contribution in [-0.2, 0) is 0 Å². The van der Waals surface area contributed by atoms with E-state index in [2.05, 4.69) is 19.1 Å². The fourth-order valence-electron chi connectivity index (χ4n) is 1.01. The first-order valence-corrected chi connectivity index (χ1v) is 6.64. The van der Waals surface area contributed by atoms with Gasteiger partial charge in [-0.2, -0.15) is 0 Å². The molecule has 14 heavy (non-hydrogen) atoms. The highest BCUT2D eigenvalue weighted by Crippen LogP contribution is 2.33. The van der Waals surface area contributed by atoms with Crippen molar-refractivity contribution in [3.8, 4) is 9.75 Å². The van der Waals surface area contributed by atoms with Crippen LogP contribution in [0.4, 0.5) is 0 Å². The highest BCUT2D eigenvalue weighted by atomic mass is 35.5. The molecule has 0 radical (unpaired) electrons. The SMILES string of the molecule is CC.Cc1ccc(-c2cc(Cl)cs2)s1. The summed E-state index contributed by atoms with van der Waals surface area (Å²) < 4.78 is 0. The summed E-state index contributed by atoms with van der Waals surface area (Å²) in [6, 6.07) is 6.29. The van der Waals surface area contributed by atoms with Crippen molar-refractivity contribution >= 4 is 34.3 Å². The minimum Gasteiger partial charge on any atom is -0.141 e. The normalized spacial score (nSPS) is 9.43. The Morgan fingerprint density at radius 3 is 2.29 bits per heavy atom. The minimum atomic E-state index is 0.834. The molecule has 0 saturated heterocycles. The van der Waals surface area contributed by atoms with Crippen molar-refractivity contribution in [1.29, 1.82) is 0 Å². The zero-order valence-corrected chi connectivity index (χ0v) is 10.9. The molecule has 0 saturated carbocycles. The van der Waals surface area contributed by atoms with E-state index >= 15 is 0 Å². The van der Waals surface area contributed by atoms with Gasteiger partial charge in [-0.25, -0.2) is 0 Å². The summed E-state index contributed by atoms with van der Waals surface area (Å²) in [6.45, 7) is 6.11. The van der Waals surface area contributed by atoms with Crippen LogP contribution in [0.15, 0.2) is 23.6 Å². The molecular formula is C11H13ClS2. The Labute approximate surface area is 98.2 Å². The fraction of sp³-hybridized carbons (Fsp3) is 0.273. The van der Waals surface area contributed by atoms with Crippen LogP contribution in [0.5, 0.6) is 0 Å². The van der Waals surface area contributed by atoms with Gasteiger partial charge in [0.1, 0.15) is 0 Å². The Balaban J connectivity index is 0.000000461. The molecule has 0 unspecified atom stereocenters. The predicted octanol–water partition coefficient (Wildman–Crippen LogP) is 5.46. The number of halogens is 1. The second-order valence-electron chi connectivity index (χ2n) is 2.54. The predicted molar refractivity (Wildman–Crippen MR) is 68.7 cm³/mol. The number of rotatable bonds is 1. The standard InChI is InChI=1S/C9H7ClS2.C2H6/c1-6-2-3-8(12-6)9-4-7(10)5-11-9;1-2/h2-5H,1H3;1-2H3. The topological polar surface area (TPSA) is 0 Å².